The standard InChI is InChI=1S/C21H16FNO2/c22-17-9-6-16(7-10-17)8-15-21(24)23-18-11-13-20(14-12-18)25-19-4-2-1-3-5-19/h1-15H,(H,23,24)/b15-8+. The molecule has 0 aliphatic rings. The highest BCUT2D eigenvalue weighted by molar-refractivity contribution is 6.01. The average molecular weight is 333 g/mol. The van der Waals surface area contributed by atoms with E-state index in [1.807, 2.05) is 30.3 Å². The largest absolute Gasteiger partial charge is 0.457 e. The summed E-state index contributed by atoms with van der Waals surface area (Å²) in [5, 5.41) is 2.76. The van der Waals surface area contributed by atoms with Crippen molar-refractivity contribution in [2.24, 2.45) is 0 Å². The summed E-state index contributed by atoms with van der Waals surface area (Å²) in [4.78, 5) is 11.9. The summed E-state index contributed by atoms with van der Waals surface area (Å²) in [6.07, 6.45) is 3.03. The lowest BCUT2D eigenvalue weighted by molar-refractivity contribution is -0.111. The van der Waals surface area contributed by atoms with Crippen LogP contribution in [-0.2, 0) is 4.79 Å². The molecule has 3 aromatic carbocycles. The minimum Gasteiger partial charge on any atom is -0.457 e. The smallest absolute Gasteiger partial charge is 0.248 e. The Labute approximate surface area is 145 Å². The normalized spacial score (nSPS) is 10.6. The zero-order valence-corrected chi connectivity index (χ0v) is 13.4. The molecule has 0 aliphatic heterocycles. The fraction of sp³-hybridized carbons (Fsp3) is 0. The number of amides is 1. The van der Waals surface area contributed by atoms with Crippen molar-refractivity contribution in [3.63, 3.8) is 0 Å². The first-order valence-corrected chi connectivity index (χ1v) is 7.77. The van der Waals surface area contributed by atoms with Gasteiger partial charge in [0.2, 0.25) is 5.91 Å². The number of hydrogen-bond donors (Lipinski definition) is 1. The molecule has 0 aromatic heterocycles. The van der Waals surface area contributed by atoms with E-state index >= 15 is 0 Å². The highest BCUT2D eigenvalue weighted by Crippen LogP contribution is 2.22. The maximum atomic E-state index is 12.8. The Hall–Kier alpha value is -3.40. The minimum absolute atomic E-state index is 0.263. The van der Waals surface area contributed by atoms with Crippen LogP contribution in [0, 0.1) is 5.82 Å². The number of carbonyl (C=O) groups is 1. The van der Waals surface area contributed by atoms with Crippen LogP contribution in [0.2, 0.25) is 0 Å². The molecule has 25 heavy (non-hydrogen) atoms. The van der Waals surface area contributed by atoms with Crippen molar-refractivity contribution in [3.05, 3.63) is 96.3 Å². The van der Waals surface area contributed by atoms with Gasteiger partial charge in [-0.3, -0.25) is 4.79 Å². The van der Waals surface area contributed by atoms with Crippen molar-refractivity contribution >= 4 is 17.7 Å². The van der Waals surface area contributed by atoms with Crippen LogP contribution in [0.1, 0.15) is 5.56 Å². The molecule has 0 aliphatic carbocycles. The number of hydrogen-bond acceptors (Lipinski definition) is 2. The topological polar surface area (TPSA) is 38.3 Å². The molecule has 0 unspecified atom stereocenters. The summed E-state index contributed by atoms with van der Waals surface area (Å²) in [7, 11) is 0. The summed E-state index contributed by atoms with van der Waals surface area (Å²) in [5.74, 6) is 0.869. The van der Waals surface area contributed by atoms with Crippen LogP contribution in [0.4, 0.5) is 10.1 Å². The Balaban J connectivity index is 1.57. The van der Waals surface area contributed by atoms with E-state index in [0.29, 0.717) is 11.4 Å². The second-order valence-corrected chi connectivity index (χ2v) is 5.31. The van der Waals surface area contributed by atoms with Gasteiger partial charge in [0.15, 0.2) is 0 Å². The molecule has 4 heteroatoms. The molecule has 1 amide bonds. The molecule has 1 N–H and O–H groups in total. The Kier molecular flexibility index (Phi) is 5.22. The van der Waals surface area contributed by atoms with Crippen molar-refractivity contribution in [2.45, 2.75) is 0 Å². The molecule has 124 valence electrons. The molecule has 3 rings (SSSR count). The van der Waals surface area contributed by atoms with Gasteiger partial charge in [-0.2, -0.15) is 0 Å². The van der Waals surface area contributed by atoms with Crippen LogP contribution in [0.5, 0.6) is 11.5 Å². The second kappa shape index (κ2) is 7.93. The number of anilines is 1. The first-order valence-electron chi connectivity index (χ1n) is 7.77. The molecule has 0 saturated heterocycles. The highest BCUT2D eigenvalue weighted by atomic mass is 19.1. The van der Waals surface area contributed by atoms with Crippen LogP contribution in [0.3, 0.4) is 0 Å². The second-order valence-electron chi connectivity index (χ2n) is 5.31. The van der Waals surface area contributed by atoms with Gasteiger partial charge in [-0.25, -0.2) is 4.39 Å². The van der Waals surface area contributed by atoms with Crippen LogP contribution < -0.4 is 10.1 Å². The van der Waals surface area contributed by atoms with Gasteiger partial charge in [0.05, 0.1) is 0 Å². The van der Waals surface area contributed by atoms with Crippen LogP contribution >= 0.6 is 0 Å². The zero-order chi connectivity index (χ0) is 17.5. The van der Waals surface area contributed by atoms with Crippen molar-refractivity contribution in [2.75, 3.05) is 5.32 Å². The predicted octanol–water partition coefficient (Wildman–Crippen LogP) is 5.27. The molecule has 0 atom stereocenters. The van der Waals surface area contributed by atoms with Crippen molar-refractivity contribution in [1.29, 1.82) is 0 Å². The lowest BCUT2D eigenvalue weighted by Gasteiger charge is -2.07. The molecule has 3 aromatic rings. The van der Waals surface area contributed by atoms with E-state index < -0.39 is 0 Å². The number of para-hydroxylation sites is 1. The third kappa shape index (κ3) is 5.04. The van der Waals surface area contributed by atoms with Gasteiger partial charge in [0.25, 0.3) is 0 Å². The number of carbonyl (C=O) groups excluding carboxylic acids is 1. The lowest BCUT2D eigenvalue weighted by Crippen LogP contribution is -2.07. The highest BCUT2D eigenvalue weighted by Gasteiger charge is 2.00. The molecule has 0 saturated carbocycles. The molecule has 3 nitrogen and oxygen atoms in total. The van der Waals surface area contributed by atoms with E-state index in [-0.39, 0.29) is 11.7 Å². The molecule has 0 fully saturated rings. The SMILES string of the molecule is O=C(/C=C/c1ccc(F)cc1)Nc1ccc(Oc2ccccc2)cc1. The predicted molar refractivity (Wildman–Crippen MR) is 97.0 cm³/mol. The maximum Gasteiger partial charge on any atom is 0.248 e. The number of nitrogens with one attached hydrogen (secondary N) is 1. The van der Waals surface area contributed by atoms with Gasteiger partial charge in [0.1, 0.15) is 17.3 Å². The van der Waals surface area contributed by atoms with Gasteiger partial charge in [0, 0.05) is 11.8 Å². The van der Waals surface area contributed by atoms with E-state index in [1.54, 1.807) is 42.5 Å². The van der Waals surface area contributed by atoms with Crippen LogP contribution in [0.15, 0.2) is 84.9 Å². The average Bonchev–Trinajstić information content (AvgIpc) is 2.64. The first kappa shape index (κ1) is 16.5. The Morgan fingerprint density at radius 2 is 1.48 bits per heavy atom. The maximum absolute atomic E-state index is 12.8. The minimum atomic E-state index is -0.306. The fourth-order valence-electron chi connectivity index (χ4n) is 2.16. The third-order valence-corrected chi connectivity index (χ3v) is 3.40. The van der Waals surface area contributed by atoms with Gasteiger partial charge < -0.3 is 10.1 Å². The van der Waals surface area contributed by atoms with Gasteiger partial charge >= 0.3 is 0 Å². The zero-order valence-electron chi connectivity index (χ0n) is 13.4. The van der Waals surface area contributed by atoms with E-state index in [2.05, 4.69) is 5.32 Å². The number of ether oxygens (including phenoxy) is 1. The van der Waals surface area contributed by atoms with Gasteiger partial charge in [-0.05, 0) is 60.2 Å². The number of halogens is 1. The van der Waals surface area contributed by atoms with Crippen LogP contribution in [0.25, 0.3) is 6.08 Å². The van der Waals surface area contributed by atoms with Crippen molar-refractivity contribution in [1.82, 2.24) is 0 Å². The van der Waals surface area contributed by atoms with E-state index in [4.69, 9.17) is 4.74 Å². The summed E-state index contributed by atoms with van der Waals surface area (Å²) < 4.78 is 18.5. The van der Waals surface area contributed by atoms with Gasteiger partial charge in [-0.15, -0.1) is 0 Å². The summed E-state index contributed by atoms with van der Waals surface area (Å²) in [6.45, 7) is 0. The van der Waals surface area contributed by atoms with Crippen molar-refractivity contribution in [3.8, 4) is 11.5 Å². The summed E-state index contributed by atoms with van der Waals surface area (Å²) in [6, 6.07) is 22.5. The van der Waals surface area contributed by atoms with E-state index in [0.717, 1.165) is 11.3 Å². The van der Waals surface area contributed by atoms with E-state index in [1.165, 1.54) is 18.2 Å². The Bertz CT molecular complexity index is 857. The first-order chi connectivity index (χ1) is 12.2. The lowest BCUT2D eigenvalue weighted by atomic mass is 10.2. The summed E-state index contributed by atoms with van der Waals surface area (Å²) >= 11 is 0. The van der Waals surface area contributed by atoms with E-state index in [9.17, 15) is 9.18 Å². The number of benzene rings is 3. The quantitative estimate of drug-likeness (QED) is 0.646. The molecule has 0 radical (unpaired) electrons. The fourth-order valence-corrected chi connectivity index (χ4v) is 2.16. The molecular weight excluding hydrogens is 317 g/mol. The molecular formula is C21H16FNO2. The monoisotopic (exact) mass is 333 g/mol. The Morgan fingerprint density at radius 3 is 2.16 bits per heavy atom. The molecule has 0 spiro atoms. The van der Waals surface area contributed by atoms with Crippen LogP contribution in [-0.4, -0.2) is 5.91 Å². The van der Waals surface area contributed by atoms with Gasteiger partial charge in [-0.1, -0.05) is 30.3 Å². The molecule has 0 heterocycles. The Morgan fingerprint density at radius 1 is 0.840 bits per heavy atom. The third-order valence-electron chi connectivity index (χ3n) is 3.40. The van der Waals surface area contributed by atoms with Crippen molar-refractivity contribution < 1.29 is 13.9 Å². The summed E-state index contributed by atoms with van der Waals surface area (Å²) in [5.41, 5.74) is 1.41. The number of rotatable bonds is 5. The molecule has 0 bridgehead atoms.